The highest BCUT2D eigenvalue weighted by molar-refractivity contribution is 14.1. The molecule has 0 fully saturated rings. The van der Waals surface area contributed by atoms with Gasteiger partial charge in [0.15, 0.2) is 5.78 Å². The van der Waals surface area contributed by atoms with Crippen LogP contribution < -0.4 is 4.74 Å². The molecule has 4 heteroatoms. The summed E-state index contributed by atoms with van der Waals surface area (Å²) in [5, 5.41) is 0.470. The molecule has 0 radical (unpaired) electrons. The number of carbonyl (C=O) groups excluding carboxylic acids is 1. The molecule has 0 heterocycles. The van der Waals surface area contributed by atoms with Crippen LogP contribution in [0.3, 0.4) is 0 Å². The van der Waals surface area contributed by atoms with E-state index in [2.05, 4.69) is 22.6 Å². The zero-order valence-electron chi connectivity index (χ0n) is 11.2. The Morgan fingerprint density at radius 2 is 1.80 bits per heavy atom. The summed E-state index contributed by atoms with van der Waals surface area (Å²) in [7, 11) is 0. The van der Waals surface area contributed by atoms with E-state index < -0.39 is 0 Å². The minimum atomic E-state index is -0.0791. The zero-order valence-corrected chi connectivity index (χ0v) is 14.1. The van der Waals surface area contributed by atoms with Crippen LogP contribution in [0.15, 0.2) is 42.5 Å². The molecule has 0 atom stereocenters. The lowest BCUT2D eigenvalue weighted by atomic mass is 10.0. The average molecular weight is 401 g/mol. The molecule has 0 N–H and O–H groups in total. The lowest BCUT2D eigenvalue weighted by Crippen LogP contribution is -2.06. The monoisotopic (exact) mass is 400 g/mol. The van der Waals surface area contributed by atoms with Gasteiger partial charge >= 0.3 is 0 Å². The molecule has 20 heavy (non-hydrogen) atoms. The summed E-state index contributed by atoms with van der Waals surface area (Å²) in [4.78, 5) is 12.4. The smallest absolute Gasteiger partial charge is 0.194 e. The van der Waals surface area contributed by atoms with Gasteiger partial charge in [-0.2, -0.15) is 0 Å². The van der Waals surface area contributed by atoms with E-state index >= 15 is 0 Å². The fourth-order valence-electron chi connectivity index (χ4n) is 1.78. The number of ketones is 1. The minimum Gasteiger partial charge on any atom is -0.491 e. The van der Waals surface area contributed by atoms with E-state index in [0.29, 0.717) is 16.1 Å². The third-order valence-corrected chi connectivity index (χ3v) is 3.66. The normalized spacial score (nSPS) is 10.7. The van der Waals surface area contributed by atoms with Crippen molar-refractivity contribution >= 4 is 40.0 Å². The Bertz CT molecular complexity index is 621. The fourth-order valence-corrected chi connectivity index (χ4v) is 2.48. The molecule has 2 aromatic rings. The highest BCUT2D eigenvalue weighted by Crippen LogP contribution is 2.23. The van der Waals surface area contributed by atoms with Crippen LogP contribution in [0.4, 0.5) is 0 Å². The summed E-state index contributed by atoms with van der Waals surface area (Å²) < 4.78 is 6.54. The molecule has 104 valence electrons. The average Bonchev–Trinajstić information content (AvgIpc) is 2.41. The van der Waals surface area contributed by atoms with Crippen LogP contribution in [0.1, 0.15) is 29.8 Å². The Morgan fingerprint density at radius 3 is 2.40 bits per heavy atom. The number of rotatable bonds is 4. The number of carbonyl (C=O) groups is 1. The SMILES string of the molecule is CC(C)Oc1ccc(C(=O)c2cc(I)ccc2Cl)cc1. The second-order valence-electron chi connectivity index (χ2n) is 4.64. The maximum atomic E-state index is 12.4. The Morgan fingerprint density at radius 1 is 1.15 bits per heavy atom. The topological polar surface area (TPSA) is 26.3 Å². The van der Waals surface area contributed by atoms with E-state index in [0.717, 1.165) is 9.32 Å². The van der Waals surface area contributed by atoms with Crippen molar-refractivity contribution in [3.8, 4) is 5.75 Å². The first-order valence-electron chi connectivity index (χ1n) is 6.24. The van der Waals surface area contributed by atoms with Crippen molar-refractivity contribution in [2.75, 3.05) is 0 Å². The second-order valence-corrected chi connectivity index (χ2v) is 6.30. The third kappa shape index (κ3) is 3.73. The van der Waals surface area contributed by atoms with Crippen molar-refractivity contribution in [3.63, 3.8) is 0 Å². The molecule has 0 amide bonds. The molecule has 2 aromatic carbocycles. The van der Waals surface area contributed by atoms with Crippen molar-refractivity contribution in [1.82, 2.24) is 0 Å². The van der Waals surface area contributed by atoms with E-state index in [1.54, 1.807) is 36.4 Å². The number of ether oxygens (including phenoxy) is 1. The molecular weight excluding hydrogens is 387 g/mol. The van der Waals surface area contributed by atoms with Crippen LogP contribution in [-0.2, 0) is 0 Å². The summed E-state index contributed by atoms with van der Waals surface area (Å²) in [6, 6.07) is 12.5. The summed E-state index contributed by atoms with van der Waals surface area (Å²) >= 11 is 8.25. The number of halogens is 2. The standard InChI is InChI=1S/C16H14ClIO2/c1-10(2)20-13-6-3-11(4-7-13)16(19)14-9-12(18)5-8-15(14)17/h3-10H,1-2H3. The van der Waals surface area contributed by atoms with Crippen molar-refractivity contribution in [2.24, 2.45) is 0 Å². The van der Waals surface area contributed by atoms with E-state index in [9.17, 15) is 4.79 Å². The van der Waals surface area contributed by atoms with Crippen LogP contribution in [0.5, 0.6) is 5.75 Å². The first-order chi connectivity index (χ1) is 9.47. The van der Waals surface area contributed by atoms with Gasteiger partial charge in [0.1, 0.15) is 5.75 Å². The molecule has 2 rings (SSSR count). The highest BCUT2D eigenvalue weighted by atomic mass is 127. The summed E-state index contributed by atoms with van der Waals surface area (Å²) in [6.45, 7) is 3.93. The number of hydrogen-bond acceptors (Lipinski definition) is 2. The van der Waals surface area contributed by atoms with Crippen molar-refractivity contribution in [1.29, 1.82) is 0 Å². The maximum Gasteiger partial charge on any atom is 0.194 e. The van der Waals surface area contributed by atoms with E-state index in [1.165, 1.54) is 0 Å². The van der Waals surface area contributed by atoms with Crippen LogP contribution in [0.2, 0.25) is 5.02 Å². The quantitative estimate of drug-likeness (QED) is 0.535. The van der Waals surface area contributed by atoms with Gasteiger partial charge in [-0.3, -0.25) is 4.79 Å². The molecule has 0 aliphatic carbocycles. The Kier molecular flexibility index (Phi) is 5.05. The van der Waals surface area contributed by atoms with Gasteiger partial charge in [-0.05, 0) is 78.9 Å². The maximum absolute atomic E-state index is 12.4. The first-order valence-corrected chi connectivity index (χ1v) is 7.69. The molecule has 0 aliphatic rings. The van der Waals surface area contributed by atoms with Gasteiger partial charge in [0.05, 0.1) is 11.1 Å². The molecule has 0 saturated carbocycles. The van der Waals surface area contributed by atoms with Gasteiger partial charge in [-0.15, -0.1) is 0 Å². The molecule has 0 aliphatic heterocycles. The summed E-state index contributed by atoms with van der Waals surface area (Å²) in [6.07, 6.45) is 0.113. The molecule has 2 nitrogen and oxygen atoms in total. The minimum absolute atomic E-state index is 0.0791. The molecule has 0 aromatic heterocycles. The fraction of sp³-hybridized carbons (Fsp3) is 0.188. The number of benzene rings is 2. The predicted molar refractivity (Wildman–Crippen MR) is 89.8 cm³/mol. The Hall–Kier alpha value is -1.07. The van der Waals surface area contributed by atoms with Crippen LogP contribution >= 0.6 is 34.2 Å². The number of hydrogen-bond donors (Lipinski definition) is 0. The van der Waals surface area contributed by atoms with E-state index in [4.69, 9.17) is 16.3 Å². The van der Waals surface area contributed by atoms with E-state index in [1.807, 2.05) is 19.9 Å². The van der Waals surface area contributed by atoms with Gasteiger partial charge < -0.3 is 4.74 Å². The highest BCUT2D eigenvalue weighted by Gasteiger charge is 2.13. The zero-order chi connectivity index (χ0) is 14.7. The van der Waals surface area contributed by atoms with Crippen molar-refractivity contribution in [3.05, 3.63) is 62.2 Å². The second kappa shape index (κ2) is 6.59. The Labute approximate surface area is 137 Å². The van der Waals surface area contributed by atoms with Gasteiger partial charge in [-0.25, -0.2) is 0 Å². The first kappa shape index (κ1) is 15.3. The van der Waals surface area contributed by atoms with Crippen LogP contribution in [0, 0.1) is 3.57 Å². The van der Waals surface area contributed by atoms with Gasteiger partial charge in [-0.1, -0.05) is 11.6 Å². The molecular formula is C16H14ClIO2. The predicted octanol–water partition coefficient (Wildman–Crippen LogP) is 4.96. The van der Waals surface area contributed by atoms with Gasteiger partial charge in [0.25, 0.3) is 0 Å². The lowest BCUT2D eigenvalue weighted by molar-refractivity contribution is 0.103. The van der Waals surface area contributed by atoms with Crippen molar-refractivity contribution < 1.29 is 9.53 Å². The largest absolute Gasteiger partial charge is 0.491 e. The van der Waals surface area contributed by atoms with Gasteiger partial charge in [0.2, 0.25) is 0 Å². The van der Waals surface area contributed by atoms with Crippen LogP contribution in [0.25, 0.3) is 0 Å². The van der Waals surface area contributed by atoms with Gasteiger partial charge in [0, 0.05) is 14.7 Å². The molecule has 0 bridgehead atoms. The summed E-state index contributed by atoms with van der Waals surface area (Å²) in [5.74, 6) is 0.676. The van der Waals surface area contributed by atoms with Crippen LogP contribution in [-0.4, -0.2) is 11.9 Å². The Balaban J connectivity index is 2.27. The molecule has 0 spiro atoms. The van der Waals surface area contributed by atoms with E-state index in [-0.39, 0.29) is 11.9 Å². The third-order valence-electron chi connectivity index (χ3n) is 2.66. The van der Waals surface area contributed by atoms with Crippen molar-refractivity contribution in [2.45, 2.75) is 20.0 Å². The summed E-state index contributed by atoms with van der Waals surface area (Å²) in [5.41, 5.74) is 1.13. The molecule has 0 unspecified atom stereocenters. The molecule has 0 saturated heterocycles. The lowest BCUT2D eigenvalue weighted by Gasteiger charge is -2.10.